The van der Waals surface area contributed by atoms with Gasteiger partial charge in [-0.3, -0.25) is 14.5 Å². The van der Waals surface area contributed by atoms with Gasteiger partial charge in [-0.25, -0.2) is 9.59 Å². The minimum atomic E-state index is -0.567. The molecule has 0 amide bonds. The molecule has 0 fully saturated rings. The number of fused-ring (bicyclic) bond motifs is 3. The van der Waals surface area contributed by atoms with Gasteiger partial charge in [0.1, 0.15) is 5.58 Å². The Morgan fingerprint density at radius 2 is 1.83 bits per heavy atom. The van der Waals surface area contributed by atoms with Gasteiger partial charge >= 0.3 is 11.3 Å². The van der Waals surface area contributed by atoms with Crippen molar-refractivity contribution in [2.75, 3.05) is 0 Å². The summed E-state index contributed by atoms with van der Waals surface area (Å²) in [7, 11) is 0. The lowest BCUT2D eigenvalue weighted by Gasteiger charge is -2.10. The summed E-state index contributed by atoms with van der Waals surface area (Å²) in [5, 5.41) is 0.682. The van der Waals surface area contributed by atoms with Crippen LogP contribution in [-0.2, 0) is 0 Å². The lowest BCUT2D eigenvalue weighted by Crippen LogP contribution is -2.15. The van der Waals surface area contributed by atoms with E-state index in [1.54, 1.807) is 23.0 Å². The van der Waals surface area contributed by atoms with Gasteiger partial charge < -0.3 is 4.42 Å². The smallest absolute Gasteiger partial charge is 0.362 e. The topological polar surface area (TPSA) is 80.9 Å². The van der Waals surface area contributed by atoms with E-state index in [0.29, 0.717) is 16.5 Å². The van der Waals surface area contributed by atoms with Crippen molar-refractivity contribution in [3.05, 3.63) is 93.0 Å². The summed E-state index contributed by atoms with van der Waals surface area (Å²) in [6.07, 6.45) is 3.55. The predicted molar refractivity (Wildman–Crippen MR) is 113 cm³/mol. The molecular weight excluding hydrogens is 366 g/mol. The van der Waals surface area contributed by atoms with Gasteiger partial charge in [-0.15, -0.1) is 0 Å². The second-order valence-electron chi connectivity index (χ2n) is 7.07. The molecule has 0 saturated carbocycles. The standard InChI is InChI=1S/C23H17N3O3/c1-13-9-10-24-12-17(13)15-7-8-19-16(11-15)21-20(22(27)29-19)25-23(28)26(21)18-6-4-3-5-14(18)2/h3-12H,1-2H3,(H,25,28). The van der Waals surface area contributed by atoms with Crippen molar-refractivity contribution < 1.29 is 4.42 Å². The van der Waals surface area contributed by atoms with Crippen LogP contribution in [0.3, 0.4) is 0 Å². The van der Waals surface area contributed by atoms with E-state index in [1.165, 1.54) is 0 Å². The van der Waals surface area contributed by atoms with E-state index in [0.717, 1.165) is 27.9 Å². The highest BCUT2D eigenvalue weighted by atomic mass is 16.4. The Morgan fingerprint density at radius 3 is 2.62 bits per heavy atom. The number of aryl methyl sites for hydroxylation is 2. The zero-order chi connectivity index (χ0) is 20.1. The molecule has 0 aliphatic carbocycles. The first-order valence-electron chi connectivity index (χ1n) is 9.23. The van der Waals surface area contributed by atoms with Gasteiger partial charge in [-0.05, 0) is 54.8 Å². The SMILES string of the molecule is Cc1ccncc1-c1ccc2oc(=O)c3[nH]c(=O)n(-c4ccccc4C)c3c2c1. The highest BCUT2D eigenvalue weighted by Gasteiger charge is 2.18. The summed E-state index contributed by atoms with van der Waals surface area (Å²) >= 11 is 0. The van der Waals surface area contributed by atoms with E-state index in [4.69, 9.17) is 4.42 Å². The highest BCUT2D eigenvalue weighted by Crippen LogP contribution is 2.30. The molecule has 0 aliphatic rings. The number of para-hydroxylation sites is 1. The van der Waals surface area contributed by atoms with Crippen LogP contribution in [0, 0.1) is 13.8 Å². The van der Waals surface area contributed by atoms with Gasteiger partial charge in [0.2, 0.25) is 0 Å². The quantitative estimate of drug-likeness (QED) is 0.465. The van der Waals surface area contributed by atoms with Crippen LogP contribution in [0.2, 0.25) is 0 Å². The normalized spacial score (nSPS) is 11.4. The Morgan fingerprint density at radius 1 is 1.00 bits per heavy atom. The van der Waals surface area contributed by atoms with E-state index in [-0.39, 0.29) is 11.2 Å². The third kappa shape index (κ3) is 2.61. The number of hydrogen-bond acceptors (Lipinski definition) is 4. The van der Waals surface area contributed by atoms with E-state index in [1.807, 2.05) is 56.3 Å². The Balaban J connectivity index is 1.94. The second kappa shape index (κ2) is 6.31. The van der Waals surface area contributed by atoms with Crippen LogP contribution < -0.4 is 11.3 Å². The summed E-state index contributed by atoms with van der Waals surface area (Å²) in [6, 6.07) is 15.1. The average Bonchev–Trinajstić information content (AvgIpc) is 3.06. The molecule has 5 aromatic rings. The summed E-state index contributed by atoms with van der Waals surface area (Å²) in [4.78, 5) is 32.2. The van der Waals surface area contributed by atoms with Crippen LogP contribution in [0.1, 0.15) is 11.1 Å². The van der Waals surface area contributed by atoms with E-state index in [2.05, 4.69) is 9.97 Å². The molecule has 0 saturated heterocycles. The van der Waals surface area contributed by atoms with Crippen molar-refractivity contribution in [2.45, 2.75) is 13.8 Å². The largest absolute Gasteiger partial charge is 0.421 e. The average molecular weight is 383 g/mol. The second-order valence-corrected chi connectivity index (χ2v) is 7.07. The number of rotatable bonds is 2. The van der Waals surface area contributed by atoms with Gasteiger partial charge in [-0.2, -0.15) is 0 Å². The monoisotopic (exact) mass is 383 g/mol. The van der Waals surface area contributed by atoms with Crippen molar-refractivity contribution >= 4 is 22.0 Å². The molecule has 0 spiro atoms. The van der Waals surface area contributed by atoms with Crippen LogP contribution in [0.4, 0.5) is 0 Å². The van der Waals surface area contributed by atoms with Crippen LogP contribution in [0.15, 0.2) is 74.9 Å². The third-order valence-electron chi connectivity index (χ3n) is 5.24. The number of hydrogen-bond donors (Lipinski definition) is 1. The maximum Gasteiger partial charge on any atom is 0.362 e. The van der Waals surface area contributed by atoms with E-state index < -0.39 is 5.63 Å². The third-order valence-corrected chi connectivity index (χ3v) is 5.24. The number of H-pyrrole nitrogens is 1. The molecule has 0 bridgehead atoms. The first kappa shape index (κ1) is 17.2. The van der Waals surface area contributed by atoms with Crippen LogP contribution in [0.5, 0.6) is 0 Å². The summed E-state index contributed by atoms with van der Waals surface area (Å²) < 4.78 is 7.02. The summed E-state index contributed by atoms with van der Waals surface area (Å²) in [5.74, 6) is 0. The molecule has 142 valence electrons. The fraction of sp³-hybridized carbons (Fsp3) is 0.0870. The Hall–Kier alpha value is -3.93. The highest BCUT2D eigenvalue weighted by molar-refractivity contribution is 6.03. The molecule has 0 atom stereocenters. The Labute approximate surface area is 165 Å². The number of nitrogens with one attached hydrogen (secondary N) is 1. The minimum Gasteiger partial charge on any atom is -0.421 e. The Bertz CT molecular complexity index is 1520. The molecule has 6 heteroatoms. The van der Waals surface area contributed by atoms with Gasteiger partial charge in [0, 0.05) is 23.3 Å². The lowest BCUT2D eigenvalue weighted by molar-refractivity contribution is 0.568. The number of aromatic nitrogens is 3. The van der Waals surface area contributed by atoms with Crippen LogP contribution in [0.25, 0.3) is 38.8 Å². The number of aromatic amines is 1. The van der Waals surface area contributed by atoms with Gasteiger partial charge in [0.25, 0.3) is 0 Å². The van der Waals surface area contributed by atoms with Crippen LogP contribution >= 0.6 is 0 Å². The van der Waals surface area contributed by atoms with E-state index >= 15 is 0 Å². The molecule has 3 heterocycles. The van der Waals surface area contributed by atoms with Crippen molar-refractivity contribution in [1.29, 1.82) is 0 Å². The molecular formula is C23H17N3O3. The predicted octanol–water partition coefficient (Wildman–Crippen LogP) is 4.10. The first-order valence-corrected chi connectivity index (χ1v) is 9.23. The Kier molecular flexibility index (Phi) is 3.74. The van der Waals surface area contributed by atoms with Gasteiger partial charge in [-0.1, -0.05) is 24.3 Å². The van der Waals surface area contributed by atoms with Gasteiger partial charge in [0.15, 0.2) is 5.52 Å². The molecule has 0 radical (unpaired) electrons. The summed E-state index contributed by atoms with van der Waals surface area (Å²) in [6.45, 7) is 3.94. The number of pyridine rings is 1. The molecule has 1 N–H and O–H groups in total. The van der Waals surface area contributed by atoms with Gasteiger partial charge in [0.05, 0.1) is 11.2 Å². The zero-order valence-corrected chi connectivity index (χ0v) is 15.9. The maximum atomic E-state index is 12.8. The lowest BCUT2D eigenvalue weighted by atomic mass is 10.0. The molecule has 2 aromatic carbocycles. The fourth-order valence-electron chi connectivity index (χ4n) is 3.77. The molecule has 0 aliphatic heterocycles. The van der Waals surface area contributed by atoms with Crippen molar-refractivity contribution in [3.8, 4) is 16.8 Å². The number of nitrogens with zero attached hydrogens (tertiary/aromatic N) is 2. The molecule has 6 nitrogen and oxygen atoms in total. The fourth-order valence-corrected chi connectivity index (χ4v) is 3.77. The molecule has 5 rings (SSSR count). The minimum absolute atomic E-state index is 0.158. The first-order chi connectivity index (χ1) is 14.0. The zero-order valence-electron chi connectivity index (χ0n) is 15.9. The maximum absolute atomic E-state index is 12.8. The van der Waals surface area contributed by atoms with Crippen molar-refractivity contribution in [3.63, 3.8) is 0 Å². The molecule has 29 heavy (non-hydrogen) atoms. The number of imidazole rings is 1. The van der Waals surface area contributed by atoms with Crippen molar-refractivity contribution in [1.82, 2.24) is 14.5 Å². The summed E-state index contributed by atoms with van der Waals surface area (Å²) in [5.41, 5.74) is 4.79. The molecule has 3 aromatic heterocycles. The van der Waals surface area contributed by atoms with Crippen molar-refractivity contribution in [2.24, 2.45) is 0 Å². The molecule has 0 unspecified atom stereocenters. The van der Waals surface area contributed by atoms with Crippen LogP contribution in [-0.4, -0.2) is 14.5 Å². The number of benzene rings is 2. The van der Waals surface area contributed by atoms with E-state index in [9.17, 15) is 9.59 Å².